The molecular formula is C24H28N2O4. The largest absolute Gasteiger partial charge is 0.454 e. The molecule has 1 heterocycles. The quantitative estimate of drug-likeness (QED) is 0.456. The van der Waals surface area contributed by atoms with E-state index in [2.05, 4.69) is 19.2 Å². The van der Waals surface area contributed by atoms with Crippen LogP contribution in [0.15, 0.2) is 53.3 Å². The van der Waals surface area contributed by atoms with Gasteiger partial charge in [-0.1, -0.05) is 38.1 Å². The fourth-order valence-corrected chi connectivity index (χ4v) is 3.54. The number of rotatable bonds is 8. The van der Waals surface area contributed by atoms with Crippen LogP contribution in [-0.4, -0.2) is 29.1 Å². The molecule has 0 spiro atoms. The third-order valence-corrected chi connectivity index (χ3v) is 5.11. The van der Waals surface area contributed by atoms with Gasteiger partial charge in [-0.3, -0.25) is 14.4 Å². The second-order valence-corrected chi connectivity index (χ2v) is 8.05. The zero-order valence-electron chi connectivity index (χ0n) is 17.7. The molecule has 6 nitrogen and oxygen atoms in total. The Morgan fingerprint density at radius 2 is 1.50 bits per heavy atom. The number of ether oxygens (including phenoxy) is 1. The Kier molecular flexibility index (Phi) is 6.87. The smallest absolute Gasteiger partial charge is 0.326 e. The third kappa shape index (κ3) is 5.06. The van der Waals surface area contributed by atoms with Crippen LogP contribution in [0.2, 0.25) is 0 Å². The number of carbonyl (C=O) groups excluding carboxylic acids is 2. The summed E-state index contributed by atoms with van der Waals surface area (Å²) >= 11 is 0. The number of carbonyl (C=O) groups is 2. The van der Waals surface area contributed by atoms with Crippen molar-refractivity contribution in [2.24, 2.45) is 5.92 Å². The van der Waals surface area contributed by atoms with Gasteiger partial charge in [0, 0.05) is 16.8 Å². The van der Waals surface area contributed by atoms with Crippen LogP contribution in [0.5, 0.6) is 0 Å². The van der Waals surface area contributed by atoms with Crippen LogP contribution >= 0.6 is 0 Å². The van der Waals surface area contributed by atoms with Gasteiger partial charge in [0.25, 0.3) is 5.91 Å². The van der Waals surface area contributed by atoms with Gasteiger partial charge < -0.3 is 14.6 Å². The van der Waals surface area contributed by atoms with Crippen molar-refractivity contribution in [3.63, 3.8) is 0 Å². The first-order chi connectivity index (χ1) is 14.4. The molecule has 0 aliphatic carbocycles. The average Bonchev–Trinajstić information content (AvgIpc) is 2.74. The van der Waals surface area contributed by atoms with Gasteiger partial charge in [-0.25, -0.2) is 0 Å². The van der Waals surface area contributed by atoms with Crippen LogP contribution in [0.3, 0.4) is 0 Å². The molecule has 0 saturated carbocycles. The number of benzene rings is 2. The van der Waals surface area contributed by atoms with E-state index in [1.165, 1.54) is 0 Å². The first-order valence-corrected chi connectivity index (χ1v) is 10.3. The van der Waals surface area contributed by atoms with Crippen molar-refractivity contribution in [3.8, 4) is 0 Å². The normalized spacial score (nSPS) is 12.3. The number of nitrogens with one attached hydrogen (secondary N) is 1. The van der Waals surface area contributed by atoms with E-state index in [1.807, 2.05) is 19.1 Å². The van der Waals surface area contributed by atoms with Gasteiger partial charge in [0.15, 0.2) is 12.0 Å². The molecule has 1 unspecified atom stereocenters. The number of nitrogens with zero attached hydrogens (tertiary/aromatic N) is 1. The molecule has 1 N–H and O–H groups in total. The molecule has 0 radical (unpaired) electrons. The topological polar surface area (TPSA) is 77.4 Å². The number of aromatic nitrogens is 1. The zero-order valence-corrected chi connectivity index (χ0v) is 17.7. The van der Waals surface area contributed by atoms with Gasteiger partial charge >= 0.3 is 5.97 Å². The maximum absolute atomic E-state index is 12.8. The molecule has 158 valence electrons. The summed E-state index contributed by atoms with van der Waals surface area (Å²) in [7, 11) is 0. The fraction of sp³-hybridized carbons (Fsp3) is 0.375. The van der Waals surface area contributed by atoms with Gasteiger partial charge in [0.1, 0.15) is 6.54 Å². The van der Waals surface area contributed by atoms with E-state index in [0.717, 1.165) is 12.8 Å². The molecule has 0 aliphatic heterocycles. The predicted octanol–water partition coefficient (Wildman–Crippen LogP) is 3.64. The maximum Gasteiger partial charge on any atom is 0.326 e. The minimum Gasteiger partial charge on any atom is -0.454 e. The summed E-state index contributed by atoms with van der Waals surface area (Å²) in [5.74, 6) is -0.266. The van der Waals surface area contributed by atoms with Crippen LogP contribution in [0.1, 0.15) is 33.6 Å². The summed E-state index contributed by atoms with van der Waals surface area (Å²) in [5, 5.41) is 3.94. The molecule has 1 amide bonds. The van der Waals surface area contributed by atoms with Crippen molar-refractivity contribution >= 4 is 33.7 Å². The highest BCUT2D eigenvalue weighted by atomic mass is 16.5. The maximum atomic E-state index is 12.8. The number of fused-ring (bicyclic) bond motifs is 2. The van der Waals surface area contributed by atoms with E-state index in [4.69, 9.17) is 4.74 Å². The van der Waals surface area contributed by atoms with Crippen LogP contribution in [-0.2, 0) is 20.9 Å². The van der Waals surface area contributed by atoms with E-state index < -0.39 is 5.97 Å². The summed E-state index contributed by atoms with van der Waals surface area (Å²) in [6, 6.07) is 14.4. The monoisotopic (exact) mass is 408 g/mol. The van der Waals surface area contributed by atoms with Gasteiger partial charge in [-0.2, -0.15) is 0 Å². The summed E-state index contributed by atoms with van der Waals surface area (Å²) in [5.41, 5.74) is 1.25. The highest BCUT2D eigenvalue weighted by Gasteiger charge is 2.15. The lowest BCUT2D eigenvalue weighted by atomic mass is 10.0. The number of esters is 1. The fourth-order valence-electron chi connectivity index (χ4n) is 3.54. The highest BCUT2D eigenvalue weighted by Crippen LogP contribution is 2.19. The SMILES string of the molecule is CC(C)CCC(C)NC(=O)COC(=O)Cn1c2ccccc2c(=O)c2ccccc21. The lowest BCUT2D eigenvalue weighted by Crippen LogP contribution is -2.36. The molecule has 2 aromatic carbocycles. The summed E-state index contributed by atoms with van der Waals surface area (Å²) in [6.07, 6.45) is 1.90. The third-order valence-electron chi connectivity index (χ3n) is 5.11. The Morgan fingerprint density at radius 3 is 2.07 bits per heavy atom. The van der Waals surface area contributed by atoms with Crippen molar-refractivity contribution < 1.29 is 14.3 Å². The van der Waals surface area contributed by atoms with Crippen molar-refractivity contribution in [2.45, 2.75) is 46.2 Å². The van der Waals surface area contributed by atoms with Crippen molar-refractivity contribution in [3.05, 3.63) is 58.8 Å². The number of pyridine rings is 1. The molecule has 30 heavy (non-hydrogen) atoms. The molecule has 0 aliphatic rings. The minimum absolute atomic E-state index is 0.0328. The first kappa shape index (κ1) is 21.6. The van der Waals surface area contributed by atoms with Crippen molar-refractivity contribution in [1.82, 2.24) is 9.88 Å². The molecule has 0 bridgehead atoms. The second kappa shape index (κ2) is 9.57. The highest BCUT2D eigenvalue weighted by molar-refractivity contribution is 5.94. The Labute approximate surface area is 175 Å². The Morgan fingerprint density at radius 1 is 0.933 bits per heavy atom. The molecular weight excluding hydrogens is 380 g/mol. The predicted molar refractivity (Wildman–Crippen MR) is 118 cm³/mol. The molecule has 6 heteroatoms. The molecule has 1 aromatic heterocycles. The number of hydrogen-bond donors (Lipinski definition) is 1. The molecule has 1 atom stereocenters. The van der Waals surface area contributed by atoms with Crippen LogP contribution < -0.4 is 10.7 Å². The van der Waals surface area contributed by atoms with Crippen molar-refractivity contribution in [1.29, 1.82) is 0 Å². The standard InChI is InChI=1S/C24H28N2O4/c1-16(2)12-13-17(3)25-22(27)15-30-23(28)14-26-20-10-6-4-8-18(20)24(29)19-9-5-7-11-21(19)26/h4-11,16-17H,12-15H2,1-3H3,(H,25,27). The van der Waals surface area contributed by atoms with E-state index in [0.29, 0.717) is 27.7 Å². The van der Waals surface area contributed by atoms with Crippen LogP contribution in [0.4, 0.5) is 0 Å². The van der Waals surface area contributed by atoms with Gasteiger partial charge in [-0.05, 0) is 49.9 Å². The van der Waals surface area contributed by atoms with Crippen LogP contribution in [0, 0.1) is 5.92 Å². The summed E-state index contributed by atoms with van der Waals surface area (Å²) in [6.45, 7) is 5.82. The van der Waals surface area contributed by atoms with E-state index in [-0.39, 0.29) is 30.5 Å². The Bertz CT molecular complexity index is 1060. The molecule has 3 aromatic rings. The van der Waals surface area contributed by atoms with E-state index in [1.54, 1.807) is 41.0 Å². The molecule has 0 saturated heterocycles. The van der Waals surface area contributed by atoms with Crippen molar-refractivity contribution in [2.75, 3.05) is 6.61 Å². The Hall–Kier alpha value is -3.15. The van der Waals surface area contributed by atoms with Crippen LogP contribution in [0.25, 0.3) is 21.8 Å². The summed E-state index contributed by atoms with van der Waals surface area (Å²) in [4.78, 5) is 37.3. The van der Waals surface area contributed by atoms with Gasteiger partial charge in [0.05, 0.1) is 11.0 Å². The minimum atomic E-state index is -0.529. The number of para-hydroxylation sites is 2. The molecule has 3 rings (SSSR count). The number of amides is 1. The Balaban J connectivity index is 1.72. The van der Waals surface area contributed by atoms with Gasteiger partial charge in [0.2, 0.25) is 0 Å². The second-order valence-electron chi connectivity index (χ2n) is 8.05. The summed E-state index contributed by atoms with van der Waals surface area (Å²) < 4.78 is 6.97. The lowest BCUT2D eigenvalue weighted by molar-refractivity contribution is -0.149. The molecule has 0 fully saturated rings. The average molecular weight is 408 g/mol. The van der Waals surface area contributed by atoms with Gasteiger partial charge in [-0.15, -0.1) is 0 Å². The lowest BCUT2D eigenvalue weighted by Gasteiger charge is -2.16. The van der Waals surface area contributed by atoms with E-state index >= 15 is 0 Å². The number of hydrogen-bond acceptors (Lipinski definition) is 4. The van der Waals surface area contributed by atoms with E-state index in [9.17, 15) is 14.4 Å². The zero-order chi connectivity index (χ0) is 21.7. The first-order valence-electron chi connectivity index (χ1n) is 10.3.